The van der Waals surface area contributed by atoms with Crippen molar-refractivity contribution in [1.29, 1.82) is 0 Å². The molecule has 0 saturated carbocycles. The number of ether oxygens (including phenoxy) is 1. The topological polar surface area (TPSA) is 53.1 Å². The van der Waals surface area contributed by atoms with E-state index in [0.717, 1.165) is 0 Å². The summed E-state index contributed by atoms with van der Waals surface area (Å²) < 4.78 is 40.9. The quantitative estimate of drug-likeness (QED) is 0.880. The van der Waals surface area contributed by atoms with E-state index in [1.165, 1.54) is 28.9 Å². The molecule has 2 N–H and O–H groups in total. The first-order valence-corrected chi connectivity index (χ1v) is 4.61. The minimum atomic E-state index is -4.68. The number of hydrogen-bond donors (Lipinski definition) is 1. The van der Waals surface area contributed by atoms with Crippen molar-refractivity contribution >= 4 is 5.82 Å². The van der Waals surface area contributed by atoms with Gasteiger partial charge in [0.15, 0.2) is 0 Å². The lowest BCUT2D eigenvalue weighted by molar-refractivity contribution is -0.274. The van der Waals surface area contributed by atoms with Crippen LogP contribution in [0.4, 0.5) is 19.0 Å². The summed E-state index contributed by atoms with van der Waals surface area (Å²) in [5.41, 5.74) is 6.02. The first kappa shape index (κ1) is 11.3. The lowest BCUT2D eigenvalue weighted by Crippen LogP contribution is -2.17. The van der Waals surface area contributed by atoms with Crippen LogP contribution < -0.4 is 10.5 Å². The number of benzene rings is 1. The normalized spacial score (nSPS) is 11.5. The molecule has 0 aliphatic rings. The molecule has 0 spiro atoms. The van der Waals surface area contributed by atoms with Gasteiger partial charge in [-0.2, -0.15) is 5.10 Å². The largest absolute Gasteiger partial charge is 0.573 e. The van der Waals surface area contributed by atoms with E-state index in [1.807, 2.05) is 0 Å². The Labute approximate surface area is 94.4 Å². The smallest absolute Gasteiger partial charge is 0.406 e. The molecule has 0 saturated heterocycles. The van der Waals surface area contributed by atoms with Crippen LogP contribution in [0.1, 0.15) is 0 Å². The summed E-state index contributed by atoms with van der Waals surface area (Å²) in [6.45, 7) is 0. The molecule has 1 aromatic heterocycles. The third-order valence-electron chi connectivity index (χ3n) is 1.94. The van der Waals surface area contributed by atoms with Crippen LogP contribution in [0.25, 0.3) is 5.69 Å². The molecule has 0 fully saturated rings. The summed E-state index contributed by atoms with van der Waals surface area (Å²) in [6.07, 6.45) is -3.08. The van der Waals surface area contributed by atoms with Gasteiger partial charge in [0.25, 0.3) is 0 Å². The number of anilines is 1. The summed E-state index contributed by atoms with van der Waals surface area (Å²) in [4.78, 5) is 0. The molecular formula is C10H8F3N3O. The zero-order valence-electron chi connectivity index (χ0n) is 8.48. The van der Waals surface area contributed by atoms with Gasteiger partial charge in [-0.05, 0) is 24.3 Å². The third-order valence-corrected chi connectivity index (χ3v) is 1.94. The second kappa shape index (κ2) is 4.00. The molecule has 2 aromatic rings. The molecule has 0 atom stereocenters. The molecule has 90 valence electrons. The SMILES string of the molecule is Nc1ccn(-c2ccc(OC(F)(F)F)cc2)n1. The van der Waals surface area contributed by atoms with Gasteiger partial charge in [0, 0.05) is 12.3 Å². The van der Waals surface area contributed by atoms with Crippen molar-refractivity contribution in [3.8, 4) is 11.4 Å². The van der Waals surface area contributed by atoms with Crippen molar-refractivity contribution in [2.24, 2.45) is 0 Å². The first-order chi connectivity index (χ1) is 7.94. The number of rotatable bonds is 2. The van der Waals surface area contributed by atoms with E-state index in [0.29, 0.717) is 11.5 Å². The molecule has 0 aliphatic heterocycles. The predicted molar refractivity (Wildman–Crippen MR) is 54.7 cm³/mol. The third kappa shape index (κ3) is 2.90. The van der Waals surface area contributed by atoms with Crippen molar-refractivity contribution < 1.29 is 17.9 Å². The maximum atomic E-state index is 11.9. The Morgan fingerprint density at radius 3 is 2.24 bits per heavy atom. The fourth-order valence-electron chi connectivity index (χ4n) is 1.28. The predicted octanol–water partition coefficient (Wildman–Crippen LogP) is 2.35. The fourth-order valence-corrected chi connectivity index (χ4v) is 1.28. The molecule has 0 radical (unpaired) electrons. The van der Waals surface area contributed by atoms with Crippen LogP contribution in [0, 0.1) is 0 Å². The highest BCUT2D eigenvalue weighted by atomic mass is 19.4. The van der Waals surface area contributed by atoms with Crippen molar-refractivity contribution in [3.63, 3.8) is 0 Å². The zero-order valence-corrected chi connectivity index (χ0v) is 8.48. The molecule has 0 amide bonds. The van der Waals surface area contributed by atoms with Crippen LogP contribution in [0.3, 0.4) is 0 Å². The molecule has 2 rings (SSSR count). The zero-order chi connectivity index (χ0) is 12.5. The summed E-state index contributed by atoms with van der Waals surface area (Å²) in [7, 11) is 0. The van der Waals surface area contributed by atoms with Crippen molar-refractivity contribution in [2.45, 2.75) is 6.36 Å². The number of alkyl halides is 3. The molecule has 1 aromatic carbocycles. The number of halogens is 3. The van der Waals surface area contributed by atoms with Crippen LogP contribution in [-0.2, 0) is 0 Å². The van der Waals surface area contributed by atoms with E-state index in [1.54, 1.807) is 12.3 Å². The minimum absolute atomic E-state index is 0.277. The highest BCUT2D eigenvalue weighted by Crippen LogP contribution is 2.23. The highest BCUT2D eigenvalue weighted by molar-refractivity contribution is 5.38. The average molecular weight is 243 g/mol. The highest BCUT2D eigenvalue weighted by Gasteiger charge is 2.30. The summed E-state index contributed by atoms with van der Waals surface area (Å²) >= 11 is 0. The summed E-state index contributed by atoms with van der Waals surface area (Å²) in [5, 5.41) is 3.92. The second-order valence-corrected chi connectivity index (χ2v) is 3.23. The van der Waals surface area contributed by atoms with Gasteiger partial charge in [-0.3, -0.25) is 0 Å². The van der Waals surface area contributed by atoms with Crippen LogP contribution in [0.15, 0.2) is 36.5 Å². The van der Waals surface area contributed by atoms with E-state index >= 15 is 0 Å². The number of nitrogen functional groups attached to an aromatic ring is 1. The van der Waals surface area contributed by atoms with Gasteiger partial charge < -0.3 is 10.5 Å². The molecule has 0 unspecified atom stereocenters. The molecule has 17 heavy (non-hydrogen) atoms. The molecule has 1 heterocycles. The van der Waals surface area contributed by atoms with E-state index in [-0.39, 0.29) is 5.75 Å². The maximum absolute atomic E-state index is 11.9. The monoisotopic (exact) mass is 243 g/mol. The van der Waals surface area contributed by atoms with Gasteiger partial charge >= 0.3 is 6.36 Å². The van der Waals surface area contributed by atoms with Crippen LogP contribution in [0.2, 0.25) is 0 Å². The Morgan fingerprint density at radius 2 is 1.76 bits per heavy atom. The minimum Gasteiger partial charge on any atom is -0.406 e. The van der Waals surface area contributed by atoms with Crippen molar-refractivity contribution in [1.82, 2.24) is 9.78 Å². The van der Waals surface area contributed by atoms with Gasteiger partial charge in [0.05, 0.1) is 5.69 Å². The number of aromatic nitrogens is 2. The van der Waals surface area contributed by atoms with E-state index < -0.39 is 6.36 Å². The van der Waals surface area contributed by atoms with Crippen molar-refractivity contribution in [2.75, 3.05) is 5.73 Å². The van der Waals surface area contributed by atoms with Gasteiger partial charge in [0.1, 0.15) is 11.6 Å². The Bertz CT molecular complexity index is 504. The Morgan fingerprint density at radius 1 is 1.12 bits per heavy atom. The van der Waals surface area contributed by atoms with E-state index in [9.17, 15) is 13.2 Å². The van der Waals surface area contributed by atoms with Crippen molar-refractivity contribution in [3.05, 3.63) is 36.5 Å². The lowest BCUT2D eigenvalue weighted by atomic mass is 10.3. The van der Waals surface area contributed by atoms with E-state index in [2.05, 4.69) is 9.84 Å². The number of nitrogens with zero attached hydrogens (tertiary/aromatic N) is 2. The second-order valence-electron chi connectivity index (χ2n) is 3.23. The maximum Gasteiger partial charge on any atom is 0.573 e. The van der Waals surface area contributed by atoms with Gasteiger partial charge in [-0.1, -0.05) is 0 Å². The summed E-state index contributed by atoms with van der Waals surface area (Å²) in [5.74, 6) is 0.0574. The Balaban J connectivity index is 2.19. The van der Waals surface area contributed by atoms with Gasteiger partial charge in [0.2, 0.25) is 0 Å². The first-order valence-electron chi connectivity index (χ1n) is 4.61. The van der Waals surface area contributed by atoms with Crippen LogP contribution in [0.5, 0.6) is 5.75 Å². The van der Waals surface area contributed by atoms with Gasteiger partial charge in [-0.25, -0.2) is 4.68 Å². The molecule has 4 nitrogen and oxygen atoms in total. The summed E-state index contributed by atoms with van der Waals surface area (Å²) in [6, 6.07) is 6.91. The van der Waals surface area contributed by atoms with Crippen LogP contribution in [-0.4, -0.2) is 16.1 Å². The fraction of sp³-hybridized carbons (Fsp3) is 0.100. The molecule has 0 bridgehead atoms. The number of nitrogens with two attached hydrogens (primary N) is 1. The van der Waals surface area contributed by atoms with Gasteiger partial charge in [-0.15, -0.1) is 13.2 Å². The van der Waals surface area contributed by atoms with Crippen LogP contribution >= 0.6 is 0 Å². The molecule has 0 aliphatic carbocycles. The Kier molecular flexibility index (Phi) is 2.66. The molecular weight excluding hydrogens is 235 g/mol. The standard InChI is InChI=1S/C10H8F3N3O/c11-10(12,13)17-8-3-1-7(2-4-8)16-6-5-9(14)15-16/h1-6H,(H2,14,15). The Hall–Kier alpha value is -2.18. The molecule has 7 heteroatoms. The average Bonchev–Trinajstić information content (AvgIpc) is 2.63. The number of hydrogen-bond acceptors (Lipinski definition) is 3. The lowest BCUT2D eigenvalue weighted by Gasteiger charge is -2.09. The van der Waals surface area contributed by atoms with E-state index in [4.69, 9.17) is 5.73 Å².